The Bertz CT molecular complexity index is 521. The second kappa shape index (κ2) is 4.59. The molecule has 1 aromatic carbocycles. The fourth-order valence-electron chi connectivity index (χ4n) is 1.63. The lowest BCUT2D eigenvalue weighted by molar-refractivity contribution is 0.619. The van der Waals surface area contributed by atoms with Crippen LogP contribution in [0, 0.1) is 12.7 Å². The molecule has 0 aliphatic carbocycles. The number of hydrogen-bond donors (Lipinski definition) is 1. The molecule has 2 N–H and O–H groups in total. The summed E-state index contributed by atoms with van der Waals surface area (Å²) in [6.07, 6.45) is 3.35. The molecule has 1 atom stereocenters. The van der Waals surface area contributed by atoms with Gasteiger partial charge in [-0.2, -0.15) is 0 Å². The van der Waals surface area contributed by atoms with Crippen LogP contribution in [-0.2, 0) is 0 Å². The Morgan fingerprint density at radius 3 is 2.47 bits per heavy atom. The van der Waals surface area contributed by atoms with E-state index in [9.17, 15) is 4.39 Å². The first-order valence-electron chi connectivity index (χ1n) is 5.42. The largest absolute Gasteiger partial charge is 0.322 e. The minimum atomic E-state index is -0.223. The van der Waals surface area contributed by atoms with Crippen LogP contribution in [0.15, 0.2) is 30.6 Å². The fourth-order valence-corrected chi connectivity index (χ4v) is 1.63. The van der Waals surface area contributed by atoms with Crippen LogP contribution >= 0.6 is 0 Å². The van der Waals surface area contributed by atoms with Crippen LogP contribution in [-0.4, -0.2) is 9.97 Å². The quantitative estimate of drug-likeness (QED) is 0.864. The third-order valence-corrected chi connectivity index (χ3v) is 2.66. The topological polar surface area (TPSA) is 51.8 Å². The summed E-state index contributed by atoms with van der Waals surface area (Å²) < 4.78 is 13.4. The first-order valence-corrected chi connectivity index (χ1v) is 5.42. The summed E-state index contributed by atoms with van der Waals surface area (Å²) >= 11 is 0. The summed E-state index contributed by atoms with van der Waals surface area (Å²) in [5, 5.41) is 0. The van der Waals surface area contributed by atoms with Crippen LogP contribution in [0.4, 0.5) is 4.39 Å². The predicted octanol–water partition coefficient (Wildman–Crippen LogP) is 2.61. The molecule has 0 saturated heterocycles. The zero-order chi connectivity index (χ0) is 12.4. The number of rotatable bonds is 2. The van der Waals surface area contributed by atoms with Crippen molar-refractivity contribution in [1.82, 2.24) is 9.97 Å². The van der Waals surface area contributed by atoms with E-state index in [-0.39, 0.29) is 11.9 Å². The van der Waals surface area contributed by atoms with Gasteiger partial charge in [-0.1, -0.05) is 12.1 Å². The van der Waals surface area contributed by atoms with Crippen molar-refractivity contribution < 1.29 is 4.39 Å². The summed E-state index contributed by atoms with van der Waals surface area (Å²) in [6.45, 7) is 3.56. The Kier molecular flexibility index (Phi) is 3.15. The molecule has 17 heavy (non-hydrogen) atoms. The molecule has 0 fully saturated rings. The van der Waals surface area contributed by atoms with Gasteiger partial charge in [-0.3, -0.25) is 0 Å². The molecule has 0 aliphatic rings. The lowest BCUT2D eigenvalue weighted by Gasteiger charge is -2.08. The Labute approximate surface area is 99.5 Å². The maximum atomic E-state index is 13.4. The van der Waals surface area contributed by atoms with Crippen LogP contribution in [0.3, 0.4) is 0 Å². The average molecular weight is 231 g/mol. The van der Waals surface area contributed by atoms with Crippen molar-refractivity contribution in [1.29, 1.82) is 0 Å². The SMILES string of the molecule is Cc1c(F)cccc1-c1cnc(C(C)N)nc1. The van der Waals surface area contributed by atoms with Gasteiger partial charge in [0.15, 0.2) is 0 Å². The van der Waals surface area contributed by atoms with Gasteiger partial charge in [0, 0.05) is 18.0 Å². The minimum absolute atomic E-state index is 0.197. The van der Waals surface area contributed by atoms with Crippen molar-refractivity contribution in [2.24, 2.45) is 5.73 Å². The lowest BCUT2D eigenvalue weighted by atomic mass is 10.0. The van der Waals surface area contributed by atoms with Crippen LogP contribution in [0.2, 0.25) is 0 Å². The van der Waals surface area contributed by atoms with Crippen LogP contribution < -0.4 is 5.73 Å². The summed E-state index contributed by atoms with van der Waals surface area (Å²) in [5.74, 6) is 0.363. The molecule has 0 bridgehead atoms. The van der Waals surface area contributed by atoms with Crippen molar-refractivity contribution in [3.63, 3.8) is 0 Å². The number of hydrogen-bond acceptors (Lipinski definition) is 3. The molecule has 1 aromatic heterocycles. The smallest absolute Gasteiger partial charge is 0.144 e. The first-order chi connectivity index (χ1) is 8.09. The van der Waals surface area contributed by atoms with Gasteiger partial charge >= 0.3 is 0 Å². The third-order valence-electron chi connectivity index (χ3n) is 2.66. The van der Waals surface area contributed by atoms with Gasteiger partial charge in [-0.05, 0) is 31.0 Å². The fraction of sp³-hybridized carbons (Fsp3) is 0.231. The molecule has 0 radical (unpaired) electrons. The number of nitrogens with two attached hydrogens (primary N) is 1. The number of benzene rings is 1. The Balaban J connectivity index is 2.43. The summed E-state index contributed by atoms with van der Waals surface area (Å²) in [4.78, 5) is 8.33. The van der Waals surface area contributed by atoms with Gasteiger partial charge in [0.2, 0.25) is 0 Å². The molecule has 0 aliphatic heterocycles. The molecule has 0 spiro atoms. The first kappa shape index (κ1) is 11.7. The predicted molar refractivity (Wildman–Crippen MR) is 64.8 cm³/mol. The summed E-state index contributed by atoms with van der Waals surface area (Å²) in [5.41, 5.74) is 7.88. The van der Waals surface area contributed by atoms with Crippen LogP contribution in [0.5, 0.6) is 0 Å². The monoisotopic (exact) mass is 231 g/mol. The van der Waals surface area contributed by atoms with Crippen molar-refractivity contribution in [2.45, 2.75) is 19.9 Å². The minimum Gasteiger partial charge on any atom is -0.322 e. The van der Waals surface area contributed by atoms with E-state index in [4.69, 9.17) is 5.73 Å². The van der Waals surface area contributed by atoms with E-state index in [0.29, 0.717) is 11.4 Å². The summed E-state index contributed by atoms with van der Waals surface area (Å²) in [7, 11) is 0. The molecule has 88 valence electrons. The van der Waals surface area contributed by atoms with Crippen molar-refractivity contribution in [2.75, 3.05) is 0 Å². The van der Waals surface area contributed by atoms with Crippen LogP contribution in [0.25, 0.3) is 11.1 Å². The van der Waals surface area contributed by atoms with E-state index < -0.39 is 0 Å². The van der Waals surface area contributed by atoms with E-state index >= 15 is 0 Å². The second-order valence-corrected chi connectivity index (χ2v) is 4.03. The highest BCUT2D eigenvalue weighted by Crippen LogP contribution is 2.23. The van der Waals surface area contributed by atoms with Crippen molar-refractivity contribution >= 4 is 0 Å². The van der Waals surface area contributed by atoms with E-state index in [0.717, 1.165) is 11.1 Å². The van der Waals surface area contributed by atoms with Gasteiger partial charge in [-0.15, -0.1) is 0 Å². The van der Waals surface area contributed by atoms with Crippen molar-refractivity contribution in [3.8, 4) is 11.1 Å². The second-order valence-electron chi connectivity index (χ2n) is 4.03. The van der Waals surface area contributed by atoms with Crippen LogP contribution in [0.1, 0.15) is 24.4 Å². The van der Waals surface area contributed by atoms with Gasteiger partial charge < -0.3 is 5.73 Å². The summed E-state index contributed by atoms with van der Waals surface area (Å²) in [6, 6.07) is 4.77. The maximum absolute atomic E-state index is 13.4. The van der Waals surface area contributed by atoms with Gasteiger partial charge in [-0.25, -0.2) is 14.4 Å². The molecule has 1 unspecified atom stereocenters. The zero-order valence-corrected chi connectivity index (χ0v) is 9.81. The molecular formula is C13H14FN3. The third kappa shape index (κ3) is 2.31. The normalized spacial score (nSPS) is 12.5. The standard InChI is InChI=1S/C13H14FN3/c1-8-11(4-3-5-12(8)14)10-6-16-13(9(2)15)17-7-10/h3-7,9H,15H2,1-2H3. The molecular weight excluding hydrogens is 217 g/mol. The van der Waals surface area contributed by atoms with E-state index in [2.05, 4.69) is 9.97 Å². The van der Waals surface area contributed by atoms with Crippen molar-refractivity contribution in [3.05, 3.63) is 47.8 Å². The molecule has 0 saturated carbocycles. The Hall–Kier alpha value is -1.81. The highest BCUT2D eigenvalue weighted by atomic mass is 19.1. The number of nitrogens with zero attached hydrogens (tertiary/aromatic N) is 2. The zero-order valence-electron chi connectivity index (χ0n) is 9.81. The van der Waals surface area contributed by atoms with Gasteiger partial charge in [0.1, 0.15) is 11.6 Å². The highest BCUT2D eigenvalue weighted by molar-refractivity contribution is 5.65. The highest BCUT2D eigenvalue weighted by Gasteiger charge is 2.08. The average Bonchev–Trinajstić information content (AvgIpc) is 2.33. The molecule has 4 heteroatoms. The molecule has 0 amide bonds. The van der Waals surface area contributed by atoms with Gasteiger partial charge in [0.05, 0.1) is 6.04 Å². The molecule has 1 heterocycles. The van der Waals surface area contributed by atoms with E-state index in [1.54, 1.807) is 25.4 Å². The number of aromatic nitrogens is 2. The van der Waals surface area contributed by atoms with Gasteiger partial charge in [0.25, 0.3) is 0 Å². The molecule has 3 nitrogen and oxygen atoms in total. The Morgan fingerprint density at radius 2 is 1.88 bits per heavy atom. The lowest BCUT2D eigenvalue weighted by Crippen LogP contribution is -2.09. The molecule has 2 aromatic rings. The maximum Gasteiger partial charge on any atom is 0.144 e. The van der Waals surface area contributed by atoms with E-state index in [1.807, 2.05) is 13.0 Å². The Morgan fingerprint density at radius 1 is 1.24 bits per heavy atom. The van der Waals surface area contributed by atoms with E-state index in [1.165, 1.54) is 6.07 Å². The molecule has 2 rings (SSSR count). The number of halogens is 1.